The average molecular weight is 261 g/mol. The summed E-state index contributed by atoms with van der Waals surface area (Å²) in [5, 5.41) is 5.40. The highest BCUT2D eigenvalue weighted by atomic mass is 16.2. The molecule has 0 aliphatic heterocycles. The molecule has 0 atom stereocenters. The van der Waals surface area contributed by atoms with Gasteiger partial charge >= 0.3 is 0 Å². The van der Waals surface area contributed by atoms with Gasteiger partial charge < -0.3 is 16.4 Å². The molecule has 5 heteroatoms. The van der Waals surface area contributed by atoms with Crippen LogP contribution in [0.4, 0.5) is 0 Å². The van der Waals surface area contributed by atoms with E-state index in [1.807, 2.05) is 12.1 Å². The van der Waals surface area contributed by atoms with E-state index in [0.29, 0.717) is 12.1 Å². The van der Waals surface area contributed by atoms with Crippen LogP contribution in [0.25, 0.3) is 0 Å². The van der Waals surface area contributed by atoms with Crippen molar-refractivity contribution < 1.29 is 9.59 Å². The van der Waals surface area contributed by atoms with Gasteiger partial charge in [0.05, 0.1) is 5.54 Å². The zero-order valence-electron chi connectivity index (χ0n) is 11.0. The van der Waals surface area contributed by atoms with Crippen molar-refractivity contribution in [2.24, 2.45) is 5.73 Å². The Bertz CT molecular complexity index is 478. The SMILES string of the molecule is CNC(=O)c1ccc(CNC(=O)C2(N)CCC2)cc1. The number of nitrogens with two attached hydrogens (primary N) is 1. The topological polar surface area (TPSA) is 84.2 Å². The van der Waals surface area contributed by atoms with Crippen molar-refractivity contribution in [1.82, 2.24) is 10.6 Å². The van der Waals surface area contributed by atoms with Crippen molar-refractivity contribution in [3.05, 3.63) is 35.4 Å². The molecule has 102 valence electrons. The first-order valence-corrected chi connectivity index (χ1v) is 6.43. The lowest BCUT2D eigenvalue weighted by molar-refractivity contribution is -0.129. The minimum atomic E-state index is -0.665. The van der Waals surface area contributed by atoms with Crippen LogP contribution in [0.5, 0.6) is 0 Å². The van der Waals surface area contributed by atoms with E-state index in [1.54, 1.807) is 19.2 Å². The normalized spacial score (nSPS) is 16.3. The van der Waals surface area contributed by atoms with Crippen LogP contribution in [-0.2, 0) is 11.3 Å². The molecule has 1 fully saturated rings. The third-order valence-electron chi connectivity index (χ3n) is 3.59. The number of rotatable bonds is 4. The molecule has 0 saturated heterocycles. The zero-order valence-corrected chi connectivity index (χ0v) is 11.0. The van der Waals surface area contributed by atoms with Crippen molar-refractivity contribution in [2.75, 3.05) is 7.05 Å². The standard InChI is InChI=1S/C14H19N3O2/c1-16-12(18)11-5-3-10(4-6-11)9-17-13(19)14(15)7-2-8-14/h3-6H,2,7-9,15H2,1H3,(H,16,18)(H,17,19). The summed E-state index contributed by atoms with van der Waals surface area (Å²) in [6, 6.07) is 7.13. The summed E-state index contributed by atoms with van der Waals surface area (Å²) < 4.78 is 0. The van der Waals surface area contributed by atoms with Crippen molar-refractivity contribution in [3.8, 4) is 0 Å². The van der Waals surface area contributed by atoms with Crippen LogP contribution in [0, 0.1) is 0 Å². The Balaban J connectivity index is 1.89. The van der Waals surface area contributed by atoms with Gasteiger partial charge in [0, 0.05) is 19.2 Å². The van der Waals surface area contributed by atoms with Gasteiger partial charge in [0.25, 0.3) is 5.91 Å². The molecule has 19 heavy (non-hydrogen) atoms. The Morgan fingerprint density at radius 3 is 2.37 bits per heavy atom. The molecule has 0 heterocycles. The Hall–Kier alpha value is -1.88. The highest BCUT2D eigenvalue weighted by Crippen LogP contribution is 2.29. The van der Waals surface area contributed by atoms with Gasteiger partial charge in [0.2, 0.25) is 5.91 Å². The second kappa shape index (κ2) is 5.40. The lowest BCUT2D eigenvalue weighted by atomic mass is 9.77. The number of benzene rings is 1. The predicted octanol–water partition coefficient (Wildman–Crippen LogP) is 0.544. The first-order chi connectivity index (χ1) is 9.05. The second-order valence-electron chi connectivity index (χ2n) is 4.97. The Kier molecular flexibility index (Phi) is 3.85. The van der Waals surface area contributed by atoms with Crippen LogP contribution in [0.3, 0.4) is 0 Å². The summed E-state index contributed by atoms with van der Waals surface area (Å²) in [4.78, 5) is 23.2. The first kappa shape index (κ1) is 13.5. The summed E-state index contributed by atoms with van der Waals surface area (Å²) in [7, 11) is 1.59. The van der Waals surface area contributed by atoms with Gasteiger partial charge in [-0.1, -0.05) is 12.1 Å². The molecule has 0 spiro atoms. The van der Waals surface area contributed by atoms with Crippen molar-refractivity contribution in [2.45, 2.75) is 31.3 Å². The van der Waals surface area contributed by atoms with E-state index >= 15 is 0 Å². The molecule has 1 aromatic rings. The van der Waals surface area contributed by atoms with Crippen LogP contribution in [0.1, 0.15) is 35.2 Å². The van der Waals surface area contributed by atoms with E-state index in [0.717, 1.165) is 24.8 Å². The number of carbonyl (C=O) groups is 2. The lowest BCUT2D eigenvalue weighted by Crippen LogP contribution is -2.58. The van der Waals surface area contributed by atoms with Crippen LogP contribution >= 0.6 is 0 Å². The molecular weight excluding hydrogens is 242 g/mol. The molecule has 5 nitrogen and oxygen atoms in total. The lowest BCUT2D eigenvalue weighted by Gasteiger charge is -2.36. The van der Waals surface area contributed by atoms with E-state index < -0.39 is 5.54 Å². The summed E-state index contributed by atoms with van der Waals surface area (Å²) >= 11 is 0. The highest BCUT2D eigenvalue weighted by molar-refractivity contribution is 5.94. The molecule has 0 bridgehead atoms. The third-order valence-corrected chi connectivity index (χ3v) is 3.59. The average Bonchev–Trinajstić information content (AvgIpc) is 2.41. The summed E-state index contributed by atoms with van der Waals surface area (Å²) in [5.74, 6) is -0.208. The predicted molar refractivity (Wildman–Crippen MR) is 72.4 cm³/mol. The molecule has 1 aromatic carbocycles. The van der Waals surface area contributed by atoms with E-state index in [-0.39, 0.29) is 11.8 Å². The quantitative estimate of drug-likeness (QED) is 0.739. The smallest absolute Gasteiger partial charge is 0.251 e. The number of hydrogen-bond donors (Lipinski definition) is 3. The number of hydrogen-bond acceptors (Lipinski definition) is 3. The van der Waals surface area contributed by atoms with Gasteiger partial charge in [-0.2, -0.15) is 0 Å². The number of carbonyl (C=O) groups excluding carboxylic acids is 2. The molecule has 1 saturated carbocycles. The van der Waals surface area contributed by atoms with Crippen molar-refractivity contribution >= 4 is 11.8 Å². The van der Waals surface area contributed by atoms with Gasteiger partial charge in [-0.3, -0.25) is 9.59 Å². The van der Waals surface area contributed by atoms with Crippen molar-refractivity contribution in [1.29, 1.82) is 0 Å². The van der Waals surface area contributed by atoms with E-state index in [4.69, 9.17) is 5.73 Å². The minimum absolute atomic E-state index is 0.0888. The van der Waals surface area contributed by atoms with Crippen LogP contribution in [0.15, 0.2) is 24.3 Å². The summed E-state index contributed by atoms with van der Waals surface area (Å²) in [5.41, 5.74) is 6.81. The maximum Gasteiger partial charge on any atom is 0.251 e. The molecule has 1 aliphatic carbocycles. The molecule has 0 unspecified atom stereocenters. The maximum absolute atomic E-state index is 11.8. The third kappa shape index (κ3) is 2.93. The zero-order chi connectivity index (χ0) is 13.9. The van der Waals surface area contributed by atoms with Gasteiger partial charge in [-0.25, -0.2) is 0 Å². The first-order valence-electron chi connectivity index (χ1n) is 6.43. The fourth-order valence-corrected chi connectivity index (χ4v) is 2.06. The van der Waals surface area contributed by atoms with Gasteiger partial charge in [0.15, 0.2) is 0 Å². The molecule has 4 N–H and O–H groups in total. The molecule has 0 radical (unpaired) electrons. The number of nitrogens with one attached hydrogen (secondary N) is 2. The van der Waals surface area contributed by atoms with Gasteiger partial charge in [-0.05, 0) is 37.0 Å². The monoisotopic (exact) mass is 261 g/mol. The largest absolute Gasteiger partial charge is 0.355 e. The fraction of sp³-hybridized carbons (Fsp3) is 0.429. The van der Waals surface area contributed by atoms with Crippen LogP contribution < -0.4 is 16.4 Å². The summed E-state index contributed by atoms with van der Waals surface area (Å²) in [6.07, 6.45) is 2.54. The molecule has 0 aromatic heterocycles. The highest BCUT2D eigenvalue weighted by Gasteiger charge is 2.39. The molecular formula is C14H19N3O2. The second-order valence-corrected chi connectivity index (χ2v) is 4.97. The Labute approximate surface area is 112 Å². The Morgan fingerprint density at radius 1 is 1.26 bits per heavy atom. The minimum Gasteiger partial charge on any atom is -0.355 e. The van der Waals surface area contributed by atoms with Crippen LogP contribution in [0.2, 0.25) is 0 Å². The fourth-order valence-electron chi connectivity index (χ4n) is 2.06. The van der Waals surface area contributed by atoms with E-state index in [1.165, 1.54) is 0 Å². The summed E-state index contributed by atoms with van der Waals surface area (Å²) in [6.45, 7) is 0.436. The molecule has 1 aliphatic rings. The van der Waals surface area contributed by atoms with E-state index in [2.05, 4.69) is 10.6 Å². The molecule has 2 amide bonds. The van der Waals surface area contributed by atoms with E-state index in [9.17, 15) is 9.59 Å². The van der Waals surface area contributed by atoms with Gasteiger partial charge in [0.1, 0.15) is 0 Å². The molecule has 2 rings (SSSR count). The van der Waals surface area contributed by atoms with Gasteiger partial charge in [-0.15, -0.1) is 0 Å². The van der Waals surface area contributed by atoms with Crippen molar-refractivity contribution in [3.63, 3.8) is 0 Å². The van der Waals surface area contributed by atoms with Crippen LogP contribution in [-0.4, -0.2) is 24.4 Å². The maximum atomic E-state index is 11.8. The Morgan fingerprint density at radius 2 is 1.89 bits per heavy atom. The number of amides is 2.